The molecule has 1 unspecified atom stereocenters. The maximum Gasteiger partial charge on any atom is 0.255 e. The quantitative estimate of drug-likeness (QED) is 0.823. The van der Waals surface area contributed by atoms with Gasteiger partial charge in [0, 0.05) is 12.7 Å². The van der Waals surface area contributed by atoms with Gasteiger partial charge in [0.1, 0.15) is 0 Å². The molecule has 0 saturated carbocycles. The highest BCUT2D eigenvalue weighted by Crippen LogP contribution is 2.30. The number of amides is 2. The molecule has 1 saturated heterocycles. The first kappa shape index (κ1) is 20.3. The molecule has 2 aromatic rings. The van der Waals surface area contributed by atoms with Gasteiger partial charge in [-0.25, -0.2) is 4.98 Å². The van der Waals surface area contributed by atoms with Crippen LogP contribution in [-0.2, 0) is 16.1 Å². The van der Waals surface area contributed by atoms with Crippen molar-refractivity contribution >= 4 is 23.3 Å². The molecule has 1 atom stereocenters. The molecule has 158 valence electrons. The number of fused-ring (bicyclic) bond motifs is 1. The van der Waals surface area contributed by atoms with Crippen LogP contribution in [0.2, 0.25) is 0 Å². The van der Waals surface area contributed by atoms with E-state index in [4.69, 9.17) is 4.74 Å². The number of hydrogen-bond acceptors (Lipinski definition) is 5. The summed E-state index contributed by atoms with van der Waals surface area (Å²) in [6, 6.07) is 11.7. The molecule has 30 heavy (non-hydrogen) atoms. The lowest BCUT2D eigenvalue weighted by Crippen LogP contribution is -2.49. The Balaban J connectivity index is 1.61. The zero-order valence-electron chi connectivity index (χ0n) is 17.5. The van der Waals surface area contributed by atoms with E-state index in [0.717, 1.165) is 12.0 Å². The van der Waals surface area contributed by atoms with Gasteiger partial charge in [-0.1, -0.05) is 44.2 Å². The number of morpholine rings is 1. The van der Waals surface area contributed by atoms with Crippen molar-refractivity contribution in [1.82, 2.24) is 9.88 Å². The minimum Gasteiger partial charge on any atom is -0.377 e. The molecule has 3 heterocycles. The van der Waals surface area contributed by atoms with Gasteiger partial charge in [-0.2, -0.15) is 0 Å². The smallest absolute Gasteiger partial charge is 0.255 e. The van der Waals surface area contributed by atoms with Gasteiger partial charge < -0.3 is 19.9 Å². The van der Waals surface area contributed by atoms with Gasteiger partial charge in [0.25, 0.3) is 5.91 Å². The van der Waals surface area contributed by atoms with E-state index in [-0.39, 0.29) is 24.4 Å². The fourth-order valence-corrected chi connectivity index (χ4v) is 4.07. The fraction of sp³-hybridized carbons (Fsp3) is 0.435. The van der Waals surface area contributed by atoms with Crippen molar-refractivity contribution in [2.75, 3.05) is 36.5 Å². The molecular weight excluding hydrogens is 380 g/mol. The summed E-state index contributed by atoms with van der Waals surface area (Å²) < 4.78 is 5.61. The van der Waals surface area contributed by atoms with Crippen LogP contribution in [0.25, 0.3) is 0 Å². The molecule has 1 aromatic carbocycles. The van der Waals surface area contributed by atoms with Crippen LogP contribution in [0.1, 0.15) is 36.2 Å². The summed E-state index contributed by atoms with van der Waals surface area (Å²) in [4.78, 5) is 34.0. The topological polar surface area (TPSA) is 74.8 Å². The average molecular weight is 409 g/mol. The van der Waals surface area contributed by atoms with Gasteiger partial charge in [0.2, 0.25) is 5.91 Å². The molecule has 2 aliphatic rings. The van der Waals surface area contributed by atoms with E-state index in [9.17, 15) is 9.59 Å². The lowest BCUT2D eigenvalue weighted by atomic mass is 10.0. The zero-order chi connectivity index (χ0) is 21.1. The van der Waals surface area contributed by atoms with Crippen LogP contribution in [0, 0.1) is 5.92 Å². The second-order valence-corrected chi connectivity index (χ2v) is 8.27. The van der Waals surface area contributed by atoms with Crippen molar-refractivity contribution in [3.8, 4) is 0 Å². The van der Waals surface area contributed by atoms with Gasteiger partial charge in [-0.15, -0.1) is 0 Å². The van der Waals surface area contributed by atoms with Crippen molar-refractivity contribution in [1.29, 1.82) is 0 Å². The first-order chi connectivity index (χ1) is 14.5. The van der Waals surface area contributed by atoms with E-state index < -0.39 is 0 Å². The molecule has 4 rings (SSSR count). The average Bonchev–Trinajstić information content (AvgIpc) is 2.76. The van der Waals surface area contributed by atoms with Crippen LogP contribution in [0.5, 0.6) is 0 Å². The number of nitrogens with zero attached hydrogens (tertiary/aromatic N) is 3. The number of nitrogens with one attached hydrogen (secondary N) is 1. The van der Waals surface area contributed by atoms with E-state index in [1.807, 2.05) is 35.2 Å². The third kappa shape index (κ3) is 4.31. The molecule has 1 fully saturated rings. The summed E-state index contributed by atoms with van der Waals surface area (Å²) in [5.41, 5.74) is 2.18. The van der Waals surface area contributed by atoms with E-state index in [0.29, 0.717) is 49.3 Å². The molecule has 7 nitrogen and oxygen atoms in total. The van der Waals surface area contributed by atoms with Crippen LogP contribution in [0.3, 0.4) is 0 Å². The van der Waals surface area contributed by atoms with Crippen LogP contribution in [0.15, 0.2) is 42.6 Å². The molecule has 0 spiro atoms. The Morgan fingerprint density at radius 3 is 2.87 bits per heavy atom. The normalized spacial score (nSPS) is 18.9. The standard InChI is InChI=1S/C23H28N4O3/c1-16(2)10-19-15-30-9-8-26(19)23(29)18-11-20-22(24-12-18)25-13-21(28)27(20)14-17-6-4-3-5-7-17/h3-7,11-12,16,19H,8-10,13-15H2,1-2H3,(H,24,25). The molecule has 0 bridgehead atoms. The zero-order valence-corrected chi connectivity index (χ0v) is 17.5. The van der Waals surface area contributed by atoms with E-state index >= 15 is 0 Å². The molecule has 1 aromatic heterocycles. The van der Waals surface area contributed by atoms with Gasteiger partial charge in [-0.3, -0.25) is 9.59 Å². The number of anilines is 2. The minimum absolute atomic E-state index is 0.0400. The Labute approximate surface area is 177 Å². The summed E-state index contributed by atoms with van der Waals surface area (Å²) in [6.07, 6.45) is 2.50. The lowest BCUT2D eigenvalue weighted by Gasteiger charge is -2.37. The highest BCUT2D eigenvalue weighted by molar-refractivity contribution is 6.04. The Morgan fingerprint density at radius 1 is 1.30 bits per heavy atom. The van der Waals surface area contributed by atoms with Gasteiger partial charge >= 0.3 is 0 Å². The Kier molecular flexibility index (Phi) is 5.99. The maximum absolute atomic E-state index is 13.3. The number of aromatic nitrogens is 1. The van der Waals surface area contributed by atoms with Crippen LogP contribution in [-0.4, -0.2) is 54.0 Å². The monoisotopic (exact) mass is 408 g/mol. The first-order valence-electron chi connectivity index (χ1n) is 10.5. The minimum atomic E-state index is -0.0584. The van der Waals surface area contributed by atoms with Crippen LogP contribution in [0.4, 0.5) is 11.5 Å². The number of hydrogen-bond donors (Lipinski definition) is 1. The van der Waals surface area contributed by atoms with Crippen molar-refractivity contribution in [2.24, 2.45) is 5.92 Å². The predicted octanol–water partition coefficient (Wildman–Crippen LogP) is 2.93. The molecule has 7 heteroatoms. The Bertz CT molecular complexity index is 916. The molecule has 1 N–H and O–H groups in total. The number of benzene rings is 1. The molecular formula is C23H28N4O3. The third-order valence-electron chi connectivity index (χ3n) is 5.53. The number of pyridine rings is 1. The van der Waals surface area contributed by atoms with Gasteiger partial charge in [-0.05, 0) is 24.0 Å². The summed E-state index contributed by atoms with van der Waals surface area (Å²) in [5, 5.41) is 3.06. The van der Waals surface area contributed by atoms with Crippen molar-refractivity contribution in [2.45, 2.75) is 32.9 Å². The number of rotatable bonds is 5. The lowest BCUT2D eigenvalue weighted by molar-refractivity contribution is -0.117. The second kappa shape index (κ2) is 8.83. The van der Waals surface area contributed by atoms with Gasteiger partial charge in [0.15, 0.2) is 5.82 Å². The predicted molar refractivity (Wildman–Crippen MR) is 115 cm³/mol. The Morgan fingerprint density at radius 2 is 2.10 bits per heavy atom. The van der Waals surface area contributed by atoms with Crippen LogP contribution < -0.4 is 10.2 Å². The number of ether oxygens (including phenoxy) is 1. The molecule has 2 amide bonds. The van der Waals surface area contributed by atoms with Gasteiger partial charge in [0.05, 0.1) is 43.6 Å². The largest absolute Gasteiger partial charge is 0.377 e. The Hall–Kier alpha value is -2.93. The summed E-state index contributed by atoms with van der Waals surface area (Å²) in [5.74, 6) is 0.998. The number of carbonyl (C=O) groups is 2. The summed E-state index contributed by atoms with van der Waals surface area (Å²) >= 11 is 0. The summed E-state index contributed by atoms with van der Waals surface area (Å²) in [7, 11) is 0. The SMILES string of the molecule is CC(C)CC1COCCN1C(=O)c1cnc2c(c1)N(Cc1ccccc1)C(=O)CN2. The van der Waals surface area contributed by atoms with E-state index in [1.165, 1.54) is 0 Å². The van der Waals surface area contributed by atoms with E-state index in [1.54, 1.807) is 17.2 Å². The molecule has 2 aliphatic heterocycles. The van der Waals surface area contributed by atoms with Crippen molar-refractivity contribution in [3.05, 3.63) is 53.7 Å². The van der Waals surface area contributed by atoms with E-state index in [2.05, 4.69) is 24.1 Å². The van der Waals surface area contributed by atoms with Crippen LogP contribution >= 0.6 is 0 Å². The first-order valence-corrected chi connectivity index (χ1v) is 10.5. The highest BCUT2D eigenvalue weighted by Gasteiger charge is 2.31. The maximum atomic E-state index is 13.3. The van der Waals surface area contributed by atoms with Crippen molar-refractivity contribution in [3.63, 3.8) is 0 Å². The third-order valence-corrected chi connectivity index (χ3v) is 5.53. The second-order valence-electron chi connectivity index (χ2n) is 8.27. The van der Waals surface area contributed by atoms with Crippen molar-refractivity contribution < 1.29 is 14.3 Å². The summed E-state index contributed by atoms with van der Waals surface area (Å²) in [6.45, 7) is 6.60. The molecule has 0 radical (unpaired) electrons. The number of carbonyl (C=O) groups excluding carboxylic acids is 2. The fourth-order valence-electron chi connectivity index (χ4n) is 4.07. The highest BCUT2D eigenvalue weighted by atomic mass is 16.5. The molecule has 0 aliphatic carbocycles.